The van der Waals surface area contributed by atoms with Crippen molar-refractivity contribution in [3.8, 4) is 0 Å². The first-order chi connectivity index (χ1) is 10.4. The molecule has 0 unspecified atom stereocenters. The number of aromatic nitrogens is 2. The van der Waals surface area contributed by atoms with Gasteiger partial charge in [0.05, 0.1) is 12.0 Å². The number of fused-ring (bicyclic) bond motifs is 1. The van der Waals surface area contributed by atoms with E-state index in [0.717, 1.165) is 28.4 Å². The molecule has 0 saturated carbocycles. The maximum absolute atomic E-state index is 13.1. The van der Waals surface area contributed by atoms with E-state index >= 15 is 0 Å². The fraction of sp³-hybridized carbons (Fsp3) is 0.143. The number of aryl methyl sites for hydroxylation is 1. The first kappa shape index (κ1) is 14.6. The highest BCUT2D eigenvalue weighted by atomic mass is 32.1. The Morgan fingerprint density at radius 1 is 1.45 bits per heavy atom. The number of hydrogen-bond donors (Lipinski definition) is 0. The van der Waals surface area contributed by atoms with Crippen molar-refractivity contribution in [1.29, 1.82) is 0 Å². The Hall–Kier alpha value is -2.35. The van der Waals surface area contributed by atoms with Gasteiger partial charge >= 0.3 is 6.18 Å². The van der Waals surface area contributed by atoms with Crippen molar-refractivity contribution in [2.45, 2.75) is 13.1 Å². The van der Waals surface area contributed by atoms with E-state index in [2.05, 4.69) is 4.98 Å². The summed E-state index contributed by atoms with van der Waals surface area (Å²) in [6, 6.07) is 2.97. The van der Waals surface area contributed by atoms with Gasteiger partial charge in [-0.3, -0.25) is 9.20 Å². The van der Waals surface area contributed by atoms with Gasteiger partial charge in [-0.25, -0.2) is 4.98 Å². The quantitative estimate of drug-likeness (QED) is 0.535. The zero-order valence-electron chi connectivity index (χ0n) is 11.2. The Morgan fingerprint density at radius 3 is 2.86 bits per heavy atom. The second-order valence-electron chi connectivity index (χ2n) is 4.51. The van der Waals surface area contributed by atoms with Crippen LogP contribution in [0.3, 0.4) is 0 Å². The van der Waals surface area contributed by atoms with Crippen molar-refractivity contribution in [2.24, 2.45) is 0 Å². The van der Waals surface area contributed by atoms with Gasteiger partial charge in [0.15, 0.2) is 16.4 Å². The van der Waals surface area contributed by atoms with E-state index in [9.17, 15) is 18.0 Å². The van der Waals surface area contributed by atoms with Gasteiger partial charge in [0.1, 0.15) is 0 Å². The second kappa shape index (κ2) is 5.13. The number of carbonyl (C=O) groups is 1. The first-order valence-electron chi connectivity index (χ1n) is 6.18. The normalized spacial score (nSPS) is 12.5. The van der Waals surface area contributed by atoms with Crippen molar-refractivity contribution in [3.63, 3.8) is 0 Å². The van der Waals surface area contributed by atoms with E-state index < -0.39 is 17.7 Å². The molecule has 4 nitrogen and oxygen atoms in total. The molecule has 8 heteroatoms. The molecule has 3 rings (SSSR count). The third-order valence-electron chi connectivity index (χ3n) is 2.90. The molecule has 0 atom stereocenters. The fourth-order valence-electron chi connectivity index (χ4n) is 2.00. The molecule has 114 valence electrons. The minimum atomic E-state index is -4.59. The van der Waals surface area contributed by atoms with Gasteiger partial charge in [-0.15, -0.1) is 11.3 Å². The van der Waals surface area contributed by atoms with Gasteiger partial charge in [-0.1, -0.05) is 0 Å². The van der Waals surface area contributed by atoms with Crippen LogP contribution in [0.1, 0.15) is 26.8 Å². The number of halogens is 3. The molecule has 0 radical (unpaired) electrons. The summed E-state index contributed by atoms with van der Waals surface area (Å²) in [4.78, 5) is 16.5. The number of ketones is 1. The smallest absolute Gasteiger partial charge is 0.435 e. The zero-order valence-corrected chi connectivity index (χ0v) is 12.0. The minimum absolute atomic E-state index is 0.0621. The molecule has 3 heterocycles. The lowest BCUT2D eigenvalue weighted by Crippen LogP contribution is -2.08. The highest BCUT2D eigenvalue weighted by molar-refractivity contribution is 7.17. The molecule has 0 fully saturated rings. The van der Waals surface area contributed by atoms with Gasteiger partial charge in [-0.05, 0) is 31.2 Å². The van der Waals surface area contributed by atoms with Gasteiger partial charge < -0.3 is 4.42 Å². The minimum Gasteiger partial charge on any atom is -0.461 e. The van der Waals surface area contributed by atoms with Crippen LogP contribution in [0.25, 0.3) is 11.0 Å². The van der Waals surface area contributed by atoms with Crippen LogP contribution in [0.5, 0.6) is 0 Å². The summed E-state index contributed by atoms with van der Waals surface area (Å²) in [5, 5.41) is 0. The standard InChI is InChI=1S/C14H9F3N2O2S/c1-8-7-19-9(4-5-10(20)11-3-2-6-21-11)12(14(15,16)17)18-13(19)22-8/h2-7H,1H3/b5-4+. The van der Waals surface area contributed by atoms with Crippen molar-refractivity contribution < 1.29 is 22.4 Å². The second-order valence-corrected chi connectivity index (χ2v) is 5.73. The largest absolute Gasteiger partial charge is 0.461 e. The number of carbonyl (C=O) groups excluding carboxylic acids is 1. The van der Waals surface area contributed by atoms with E-state index in [0.29, 0.717) is 0 Å². The van der Waals surface area contributed by atoms with Crippen LogP contribution < -0.4 is 0 Å². The van der Waals surface area contributed by atoms with Crippen LogP contribution in [0.2, 0.25) is 0 Å². The van der Waals surface area contributed by atoms with Gasteiger partial charge in [-0.2, -0.15) is 13.2 Å². The molecular weight excluding hydrogens is 317 g/mol. The summed E-state index contributed by atoms with van der Waals surface area (Å²) >= 11 is 1.15. The molecule has 0 spiro atoms. The summed E-state index contributed by atoms with van der Waals surface area (Å²) in [7, 11) is 0. The Morgan fingerprint density at radius 2 is 2.23 bits per heavy atom. The molecule has 0 bridgehead atoms. The zero-order chi connectivity index (χ0) is 15.9. The van der Waals surface area contributed by atoms with E-state index in [1.807, 2.05) is 0 Å². The number of hydrogen-bond acceptors (Lipinski definition) is 4. The molecule has 0 saturated heterocycles. The number of thiazole rings is 1. The maximum Gasteiger partial charge on any atom is 0.435 e. The monoisotopic (exact) mass is 326 g/mol. The number of imidazole rings is 1. The van der Waals surface area contributed by atoms with Crippen LogP contribution in [0.15, 0.2) is 35.1 Å². The Balaban J connectivity index is 2.06. The van der Waals surface area contributed by atoms with Gasteiger partial charge in [0, 0.05) is 11.1 Å². The molecule has 0 N–H and O–H groups in total. The van der Waals surface area contributed by atoms with E-state index in [-0.39, 0.29) is 16.4 Å². The molecular formula is C14H9F3N2O2S. The number of nitrogens with zero attached hydrogens (tertiary/aromatic N) is 2. The SMILES string of the molecule is Cc1cn2c(/C=C/C(=O)c3ccco3)c(C(F)(F)F)nc2s1. The Kier molecular flexibility index (Phi) is 3.40. The molecule has 22 heavy (non-hydrogen) atoms. The van der Waals surface area contributed by atoms with E-state index in [1.54, 1.807) is 13.1 Å². The molecule has 0 aliphatic rings. The summed E-state index contributed by atoms with van der Waals surface area (Å²) < 4.78 is 45.4. The number of furan rings is 1. The third-order valence-corrected chi connectivity index (χ3v) is 3.80. The van der Waals surface area contributed by atoms with Gasteiger partial charge in [0.2, 0.25) is 5.78 Å². The van der Waals surface area contributed by atoms with Crippen LogP contribution in [-0.2, 0) is 6.18 Å². The lowest BCUT2D eigenvalue weighted by Gasteiger charge is -2.03. The molecule has 3 aromatic rings. The van der Waals surface area contributed by atoms with Gasteiger partial charge in [0.25, 0.3) is 0 Å². The highest BCUT2D eigenvalue weighted by Crippen LogP contribution is 2.34. The van der Waals surface area contributed by atoms with Crippen LogP contribution in [0.4, 0.5) is 13.2 Å². The topological polar surface area (TPSA) is 47.5 Å². The summed E-state index contributed by atoms with van der Waals surface area (Å²) in [6.07, 6.45) is 0.443. The maximum atomic E-state index is 13.1. The van der Waals surface area contributed by atoms with Crippen LogP contribution in [0, 0.1) is 6.92 Å². The summed E-state index contributed by atoms with van der Waals surface area (Å²) in [5.41, 5.74) is -1.19. The predicted molar refractivity (Wildman–Crippen MR) is 74.9 cm³/mol. The predicted octanol–water partition coefficient (Wildman–Crippen LogP) is 4.21. The Bertz CT molecular complexity index is 857. The van der Waals surface area contributed by atoms with Crippen molar-refractivity contribution >= 4 is 28.2 Å². The lowest BCUT2D eigenvalue weighted by atomic mass is 10.2. The van der Waals surface area contributed by atoms with Crippen molar-refractivity contribution in [1.82, 2.24) is 9.38 Å². The highest BCUT2D eigenvalue weighted by Gasteiger charge is 2.37. The van der Waals surface area contributed by atoms with Crippen molar-refractivity contribution in [3.05, 3.63) is 52.7 Å². The Labute approximate surface area is 126 Å². The fourth-order valence-corrected chi connectivity index (χ4v) is 2.83. The number of rotatable bonds is 3. The average molecular weight is 326 g/mol. The molecule has 0 amide bonds. The van der Waals surface area contributed by atoms with Crippen LogP contribution in [-0.4, -0.2) is 15.2 Å². The summed E-state index contributed by atoms with van der Waals surface area (Å²) in [6.45, 7) is 1.77. The lowest BCUT2D eigenvalue weighted by molar-refractivity contribution is -0.140. The summed E-state index contributed by atoms with van der Waals surface area (Å²) in [5.74, 6) is -0.452. The van der Waals surface area contributed by atoms with E-state index in [4.69, 9.17) is 4.42 Å². The number of allylic oxidation sites excluding steroid dienone is 1. The average Bonchev–Trinajstić information content (AvgIpc) is 3.10. The number of alkyl halides is 3. The molecule has 0 aromatic carbocycles. The molecule has 0 aliphatic carbocycles. The van der Waals surface area contributed by atoms with E-state index in [1.165, 1.54) is 22.8 Å². The first-order valence-corrected chi connectivity index (χ1v) is 6.99. The molecule has 3 aromatic heterocycles. The third kappa shape index (κ3) is 2.57. The van der Waals surface area contributed by atoms with Crippen LogP contribution >= 0.6 is 11.3 Å². The van der Waals surface area contributed by atoms with Crippen molar-refractivity contribution in [2.75, 3.05) is 0 Å². The molecule has 0 aliphatic heterocycles.